The van der Waals surface area contributed by atoms with Gasteiger partial charge in [-0.15, -0.1) is 0 Å². The second kappa shape index (κ2) is 7.11. The van der Waals surface area contributed by atoms with E-state index in [9.17, 15) is 10.1 Å². The number of benzene rings is 1. The van der Waals surface area contributed by atoms with E-state index in [1.807, 2.05) is 13.8 Å². The monoisotopic (exact) mass is 284 g/mol. The lowest BCUT2D eigenvalue weighted by atomic mass is 10.3. The van der Waals surface area contributed by atoms with Crippen LogP contribution in [0.1, 0.15) is 13.8 Å². The zero-order valence-electron chi connectivity index (χ0n) is 11.0. The number of non-ortho nitro benzene ring substituents is 1. The largest absolute Gasteiger partial charge is 0.488 e. The minimum Gasteiger partial charge on any atom is -0.488 e. The third kappa shape index (κ3) is 5.28. The second-order valence-electron chi connectivity index (χ2n) is 4.45. The van der Waals surface area contributed by atoms with E-state index in [0.717, 1.165) is 5.57 Å². The Hall–Kier alpha value is -1.59. The number of ether oxygens (including phenoxy) is 1. The predicted octanol–water partition coefficient (Wildman–Crippen LogP) is 3.18. The number of nitro groups is 1. The summed E-state index contributed by atoms with van der Waals surface area (Å²) in [7, 11) is 0. The van der Waals surface area contributed by atoms with E-state index in [1.54, 1.807) is 0 Å². The fourth-order valence-electron chi connectivity index (χ4n) is 1.30. The van der Waals surface area contributed by atoms with E-state index in [1.165, 1.54) is 18.2 Å². The van der Waals surface area contributed by atoms with Gasteiger partial charge in [0.15, 0.2) is 0 Å². The number of nitrogens with one attached hydrogen (secondary N) is 1. The highest BCUT2D eigenvalue weighted by atomic mass is 35.5. The van der Waals surface area contributed by atoms with Gasteiger partial charge in [-0.25, -0.2) is 0 Å². The first-order valence-electron chi connectivity index (χ1n) is 5.87. The quantitative estimate of drug-likeness (QED) is 0.474. The van der Waals surface area contributed by atoms with Crippen LogP contribution in [0.5, 0.6) is 5.75 Å². The lowest BCUT2D eigenvalue weighted by Gasteiger charge is -2.12. The maximum absolute atomic E-state index is 10.6. The number of nitrogens with zero attached hydrogens (tertiary/aromatic N) is 1. The summed E-state index contributed by atoms with van der Waals surface area (Å²) >= 11 is 5.91. The van der Waals surface area contributed by atoms with Crippen molar-refractivity contribution in [3.8, 4) is 5.75 Å². The van der Waals surface area contributed by atoms with Crippen LogP contribution in [-0.4, -0.2) is 24.1 Å². The third-order valence-electron chi connectivity index (χ3n) is 2.32. The van der Waals surface area contributed by atoms with Crippen LogP contribution in [0.3, 0.4) is 0 Å². The van der Waals surface area contributed by atoms with Crippen molar-refractivity contribution in [2.75, 3.05) is 13.2 Å². The van der Waals surface area contributed by atoms with Gasteiger partial charge >= 0.3 is 0 Å². The van der Waals surface area contributed by atoms with Gasteiger partial charge in [-0.1, -0.05) is 32.0 Å². The molecule has 0 unspecified atom stereocenters. The highest BCUT2D eigenvalue weighted by Crippen LogP contribution is 2.28. The van der Waals surface area contributed by atoms with Gasteiger partial charge < -0.3 is 10.1 Å². The van der Waals surface area contributed by atoms with Crippen LogP contribution < -0.4 is 10.1 Å². The Morgan fingerprint density at radius 2 is 2.26 bits per heavy atom. The van der Waals surface area contributed by atoms with Crippen LogP contribution in [0.15, 0.2) is 30.4 Å². The normalized spacial score (nSPS) is 10.5. The number of hydrogen-bond acceptors (Lipinski definition) is 4. The Morgan fingerprint density at radius 3 is 2.79 bits per heavy atom. The van der Waals surface area contributed by atoms with Crippen molar-refractivity contribution in [3.63, 3.8) is 0 Å². The van der Waals surface area contributed by atoms with Crippen LogP contribution in [0.2, 0.25) is 5.02 Å². The molecular weight excluding hydrogens is 268 g/mol. The third-order valence-corrected chi connectivity index (χ3v) is 2.61. The average molecular weight is 285 g/mol. The fourth-order valence-corrected chi connectivity index (χ4v) is 1.53. The molecule has 104 valence electrons. The molecule has 0 aliphatic heterocycles. The molecule has 0 radical (unpaired) electrons. The highest BCUT2D eigenvalue weighted by molar-refractivity contribution is 6.32. The SMILES string of the molecule is C=C(CNC(C)C)COc1ccc([N+](=O)[O-])cc1Cl. The molecule has 0 fully saturated rings. The van der Waals surface area contributed by atoms with E-state index >= 15 is 0 Å². The summed E-state index contributed by atoms with van der Waals surface area (Å²) in [4.78, 5) is 10.1. The molecule has 19 heavy (non-hydrogen) atoms. The average Bonchev–Trinajstić information content (AvgIpc) is 2.34. The topological polar surface area (TPSA) is 64.4 Å². The summed E-state index contributed by atoms with van der Waals surface area (Å²) < 4.78 is 5.47. The zero-order valence-corrected chi connectivity index (χ0v) is 11.7. The second-order valence-corrected chi connectivity index (χ2v) is 4.85. The fraction of sp³-hybridized carbons (Fsp3) is 0.385. The molecule has 0 aliphatic rings. The Bertz CT molecular complexity index is 475. The minimum atomic E-state index is -0.499. The number of rotatable bonds is 7. The molecule has 0 aromatic heterocycles. The maximum atomic E-state index is 10.6. The summed E-state index contributed by atoms with van der Waals surface area (Å²) in [6, 6.07) is 4.49. The van der Waals surface area contributed by atoms with E-state index < -0.39 is 4.92 Å². The Labute approximate surface area is 117 Å². The molecule has 0 atom stereocenters. The molecule has 5 nitrogen and oxygen atoms in total. The van der Waals surface area contributed by atoms with Crippen LogP contribution in [-0.2, 0) is 0 Å². The first-order valence-corrected chi connectivity index (χ1v) is 6.24. The smallest absolute Gasteiger partial charge is 0.271 e. The summed E-state index contributed by atoms with van der Waals surface area (Å²) in [5.41, 5.74) is 0.820. The van der Waals surface area contributed by atoms with Crippen LogP contribution in [0, 0.1) is 10.1 Å². The standard InChI is InChI=1S/C13H17ClN2O3/c1-9(2)15-7-10(3)8-19-13-5-4-11(16(17)18)6-12(13)14/h4-6,9,15H,3,7-8H2,1-2H3. The van der Waals surface area contributed by atoms with E-state index in [2.05, 4.69) is 11.9 Å². The molecule has 0 bridgehead atoms. The van der Waals surface area contributed by atoms with E-state index in [-0.39, 0.29) is 10.7 Å². The van der Waals surface area contributed by atoms with Crippen molar-refractivity contribution in [2.45, 2.75) is 19.9 Å². The molecule has 0 saturated heterocycles. The molecule has 0 heterocycles. The number of halogens is 1. The van der Waals surface area contributed by atoms with Gasteiger partial charge in [-0.05, 0) is 11.6 Å². The molecule has 0 saturated carbocycles. The van der Waals surface area contributed by atoms with Crippen molar-refractivity contribution < 1.29 is 9.66 Å². The van der Waals surface area contributed by atoms with Gasteiger partial charge in [-0.3, -0.25) is 10.1 Å². The lowest BCUT2D eigenvalue weighted by molar-refractivity contribution is -0.384. The van der Waals surface area contributed by atoms with Crippen molar-refractivity contribution in [2.24, 2.45) is 0 Å². The van der Waals surface area contributed by atoms with Crippen molar-refractivity contribution in [1.82, 2.24) is 5.32 Å². The van der Waals surface area contributed by atoms with Gasteiger partial charge in [0.25, 0.3) is 5.69 Å². The van der Waals surface area contributed by atoms with Gasteiger partial charge in [0.05, 0.1) is 9.95 Å². The molecule has 1 rings (SSSR count). The summed E-state index contributed by atoms with van der Waals surface area (Å²) in [5, 5.41) is 14.0. The summed E-state index contributed by atoms with van der Waals surface area (Å²) in [6.45, 7) is 8.94. The van der Waals surface area contributed by atoms with Crippen LogP contribution in [0.4, 0.5) is 5.69 Å². The molecule has 0 spiro atoms. The van der Waals surface area contributed by atoms with Crippen molar-refractivity contribution >= 4 is 17.3 Å². The molecule has 0 aliphatic carbocycles. The van der Waals surface area contributed by atoms with Crippen LogP contribution >= 0.6 is 11.6 Å². The van der Waals surface area contributed by atoms with E-state index in [4.69, 9.17) is 16.3 Å². The van der Waals surface area contributed by atoms with Gasteiger partial charge in [-0.2, -0.15) is 0 Å². The van der Waals surface area contributed by atoms with E-state index in [0.29, 0.717) is 24.9 Å². The Balaban J connectivity index is 2.54. The number of nitro benzene ring substituents is 1. The Morgan fingerprint density at radius 1 is 1.58 bits per heavy atom. The summed E-state index contributed by atoms with van der Waals surface area (Å²) in [6.07, 6.45) is 0. The predicted molar refractivity (Wildman–Crippen MR) is 75.9 cm³/mol. The van der Waals surface area contributed by atoms with Gasteiger partial charge in [0, 0.05) is 24.7 Å². The van der Waals surface area contributed by atoms with Gasteiger partial charge in [0.1, 0.15) is 12.4 Å². The highest BCUT2D eigenvalue weighted by Gasteiger charge is 2.10. The molecular formula is C13H17ClN2O3. The minimum absolute atomic E-state index is 0.0577. The lowest BCUT2D eigenvalue weighted by Crippen LogP contribution is -2.26. The zero-order chi connectivity index (χ0) is 14.4. The first-order chi connectivity index (χ1) is 8.90. The molecule has 1 N–H and O–H groups in total. The molecule has 1 aromatic rings. The molecule has 1 aromatic carbocycles. The maximum Gasteiger partial charge on any atom is 0.271 e. The molecule has 0 amide bonds. The summed E-state index contributed by atoms with van der Waals surface area (Å²) in [5.74, 6) is 0.415. The molecule has 6 heteroatoms. The Kier molecular flexibility index (Phi) is 5.79. The van der Waals surface area contributed by atoms with Crippen LogP contribution in [0.25, 0.3) is 0 Å². The van der Waals surface area contributed by atoms with Crippen molar-refractivity contribution in [1.29, 1.82) is 0 Å². The van der Waals surface area contributed by atoms with Crippen molar-refractivity contribution in [3.05, 3.63) is 45.5 Å². The number of hydrogen-bond donors (Lipinski definition) is 1. The van der Waals surface area contributed by atoms with Gasteiger partial charge in [0.2, 0.25) is 0 Å². The first kappa shape index (κ1) is 15.5.